The minimum atomic E-state index is -0.740. The van der Waals surface area contributed by atoms with Crippen molar-refractivity contribution >= 4 is 17.7 Å². The van der Waals surface area contributed by atoms with Gasteiger partial charge in [0.05, 0.1) is 12.2 Å². The smallest absolute Gasteiger partial charge is 0.304 e. The van der Waals surface area contributed by atoms with Crippen molar-refractivity contribution in [3.63, 3.8) is 0 Å². The quantitative estimate of drug-likeness (QED) is 0.787. The zero-order chi connectivity index (χ0) is 11.4. The fourth-order valence-corrected chi connectivity index (χ4v) is 2.66. The van der Waals surface area contributed by atoms with E-state index in [2.05, 4.69) is 14.8 Å². The monoisotopic (exact) mass is 241 g/mol. The maximum atomic E-state index is 10.3. The van der Waals surface area contributed by atoms with Crippen molar-refractivity contribution in [2.24, 2.45) is 0 Å². The van der Waals surface area contributed by atoms with Crippen molar-refractivity contribution in [2.45, 2.75) is 38.0 Å². The Morgan fingerprint density at radius 3 is 3.12 bits per heavy atom. The molecule has 0 fully saturated rings. The Bertz CT molecular complexity index is 378. The normalized spacial score (nSPS) is 14.8. The molecule has 16 heavy (non-hydrogen) atoms. The topological polar surface area (TPSA) is 68.0 Å². The van der Waals surface area contributed by atoms with E-state index in [-0.39, 0.29) is 6.42 Å². The molecule has 5 nitrogen and oxygen atoms in total. The molecule has 6 heteroatoms. The van der Waals surface area contributed by atoms with Crippen LogP contribution in [0.3, 0.4) is 0 Å². The number of aryl methyl sites for hydroxylation is 1. The van der Waals surface area contributed by atoms with Gasteiger partial charge in [0.2, 0.25) is 0 Å². The van der Waals surface area contributed by atoms with Crippen molar-refractivity contribution in [2.75, 3.05) is 5.75 Å². The molecule has 1 aliphatic rings. The number of hydrogen-bond acceptors (Lipinski definition) is 4. The summed E-state index contributed by atoms with van der Waals surface area (Å²) in [6.07, 6.45) is 3.63. The lowest BCUT2D eigenvalue weighted by Crippen LogP contribution is -2.12. The van der Waals surface area contributed by atoms with Crippen LogP contribution in [0.15, 0.2) is 0 Å². The van der Waals surface area contributed by atoms with Gasteiger partial charge >= 0.3 is 5.97 Å². The number of nitrogens with zero attached hydrogens (tertiary/aromatic N) is 3. The van der Waals surface area contributed by atoms with Gasteiger partial charge in [-0.15, -0.1) is 10.2 Å². The first-order valence-electron chi connectivity index (χ1n) is 5.48. The molecular weight excluding hydrogens is 226 g/mol. The summed E-state index contributed by atoms with van der Waals surface area (Å²) in [4.78, 5) is 10.3. The summed E-state index contributed by atoms with van der Waals surface area (Å²) < 4.78 is 2.18. The van der Waals surface area contributed by atoms with E-state index in [1.54, 1.807) is 11.8 Å². The van der Waals surface area contributed by atoms with Crippen molar-refractivity contribution in [1.29, 1.82) is 0 Å². The van der Waals surface area contributed by atoms with E-state index in [9.17, 15) is 4.79 Å². The van der Waals surface area contributed by atoms with Crippen LogP contribution in [0.1, 0.15) is 30.9 Å². The maximum Gasteiger partial charge on any atom is 0.304 e. The van der Waals surface area contributed by atoms with Gasteiger partial charge in [0.1, 0.15) is 11.6 Å². The van der Waals surface area contributed by atoms with Gasteiger partial charge < -0.3 is 9.67 Å². The molecule has 2 heterocycles. The number of aliphatic carboxylic acids is 1. The van der Waals surface area contributed by atoms with Crippen LogP contribution < -0.4 is 0 Å². The number of rotatable bonds is 5. The first-order chi connectivity index (χ1) is 7.77. The van der Waals surface area contributed by atoms with Gasteiger partial charge in [-0.25, -0.2) is 0 Å². The lowest BCUT2D eigenvalue weighted by Gasteiger charge is -2.14. The third-order valence-corrected chi connectivity index (χ3v) is 3.58. The van der Waals surface area contributed by atoms with Crippen LogP contribution in [-0.2, 0) is 23.5 Å². The number of carbonyl (C=O) groups is 1. The van der Waals surface area contributed by atoms with E-state index in [1.165, 1.54) is 12.8 Å². The number of thioether (sulfide) groups is 1. The summed E-state index contributed by atoms with van der Waals surface area (Å²) in [6, 6.07) is 0. The highest BCUT2D eigenvalue weighted by Crippen LogP contribution is 2.18. The van der Waals surface area contributed by atoms with Crippen molar-refractivity contribution in [3.05, 3.63) is 11.6 Å². The summed E-state index contributed by atoms with van der Waals surface area (Å²) in [6.45, 7) is 1.01. The van der Waals surface area contributed by atoms with Gasteiger partial charge in [-0.1, -0.05) is 0 Å². The van der Waals surface area contributed by atoms with Gasteiger partial charge in [-0.3, -0.25) is 4.79 Å². The lowest BCUT2D eigenvalue weighted by molar-refractivity contribution is -0.136. The molecule has 0 atom stereocenters. The summed E-state index contributed by atoms with van der Waals surface area (Å²) in [5.41, 5.74) is 0. The van der Waals surface area contributed by atoms with E-state index in [4.69, 9.17) is 5.11 Å². The molecule has 88 valence electrons. The molecule has 0 aromatic carbocycles. The largest absolute Gasteiger partial charge is 0.481 e. The number of aromatic nitrogens is 3. The summed E-state index contributed by atoms with van der Waals surface area (Å²) in [5, 5.41) is 16.8. The average molecular weight is 241 g/mol. The molecule has 1 N–H and O–H groups in total. The van der Waals surface area contributed by atoms with Gasteiger partial charge in [-0.05, 0) is 12.8 Å². The SMILES string of the molecule is O=C(O)CCSCc1nnc2n1CCCC2. The predicted octanol–water partition coefficient (Wildman–Crippen LogP) is 1.32. The van der Waals surface area contributed by atoms with Crippen molar-refractivity contribution < 1.29 is 9.90 Å². The fourth-order valence-electron chi connectivity index (χ4n) is 1.80. The zero-order valence-corrected chi connectivity index (χ0v) is 9.87. The fraction of sp³-hybridized carbons (Fsp3) is 0.700. The molecule has 0 unspecified atom stereocenters. The molecule has 1 aromatic heterocycles. The minimum Gasteiger partial charge on any atom is -0.481 e. The van der Waals surface area contributed by atoms with Gasteiger partial charge in [0.15, 0.2) is 0 Å². The predicted molar refractivity (Wildman–Crippen MR) is 61.4 cm³/mol. The summed E-state index contributed by atoms with van der Waals surface area (Å²) in [7, 11) is 0. The number of fused-ring (bicyclic) bond motifs is 1. The molecular formula is C10H15N3O2S. The first-order valence-corrected chi connectivity index (χ1v) is 6.63. The standard InChI is InChI=1S/C10H15N3O2S/c14-10(15)4-6-16-7-9-12-11-8-3-1-2-5-13(8)9/h1-7H2,(H,14,15). The summed E-state index contributed by atoms with van der Waals surface area (Å²) >= 11 is 1.61. The van der Waals surface area contributed by atoms with Crippen LogP contribution >= 0.6 is 11.8 Å². The molecule has 1 aromatic rings. The second-order valence-electron chi connectivity index (χ2n) is 3.84. The average Bonchev–Trinajstić information content (AvgIpc) is 2.68. The number of carboxylic acids is 1. The van der Waals surface area contributed by atoms with Gasteiger partial charge in [-0.2, -0.15) is 11.8 Å². The van der Waals surface area contributed by atoms with Gasteiger partial charge in [0, 0.05) is 18.7 Å². The maximum absolute atomic E-state index is 10.3. The van der Waals surface area contributed by atoms with Crippen LogP contribution in [0, 0.1) is 0 Å². The van der Waals surface area contributed by atoms with E-state index in [0.717, 1.165) is 30.4 Å². The van der Waals surface area contributed by atoms with Crippen LogP contribution in [-0.4, -0.2) is 31.6 Å². The Hall–Kier alpha value is -1.04. The van der Waals surface area contributed by atoms with Crippen LogP contribution in [0.25, 0.3) is 0 Å². The molecule has 0 spiro atoms. The molecule has 0 aliphatic carbocycles. The highest BCUT2D eigenvalue weighted by Gasteiger charge is 2.15. The van der Waals surface area contributed by atoms with Crippen molar-refractivity contribution in [3.8, 4) is 0 Å². The van der Waals surface area contributed by atoms with E-state index >= 15 is 0 Å². The highest BCUT2D eigenvalue weighted by molar-refractivity contribution is 7.98. The Kier molecular flexibility index (Phi) is 3.82. The molecule has 2 rings (SSSR count). The van der Waals surface area contributed by atoms with Crippen molar-refractivity contribution in [1.82, 2.24) is 14.8 Å². The van der Waals surface area contributed by atoms with Crippen LogP contribution in [0.4, 0.5) is 0 Å². The Balaban J connectivity index is 1.85. The molecule has 0 radical (unpaired) electrons. The molecule has 0 bridgehead atoms. The molecule has 0 saturated heterocycles. The third kappa shape index (κ3) is 2.75. The van der Waals surface area contributed by atoms with Crippen LogP contribution in [0.5, 0.6) is 0 Å². The van der Waals surface area contributed by atoms with E-state index in [0.29, 0.717) is 5.75 Å². The Labute approximate surface area is 98.3 Å². The van der Waals surface area contributed by atoms with E-state index < -0.39 is 5.97 Å². The molecule has 1 aliphatic heterocycles. The van der Waals surface area contributed by atoms with Crippen LogP contribution in [0.2, 0.25) is 0 Å². The third-order valence-electron chi connectivity index (χ3n) is 2.63. The zero-order valence-electron chi connectivity index (χ0n) is 9.06. The Morgan fingerprint density at radius 1 is 1.44 bits per heavy atom. The first kappa shape index (κ1) is 11.4. The summed E-state index contributed by atoms with van der Waals surface area (Å²) in [5.74, 6) is 2.73. The number of hydrogen-bond donors (Lipinski definition) is 1. The second-order valence-corrected chi connectivity index (χ2v) is 4.94. The second kappa shape index (κ2) is 5.34. The minimum absolute atomic E-state index is 0.214. The van der Waals surface area contributed by atoms with E-state index in [1.807, 2.05) is 0 Å². The number of carboxylic acid groups (broad SMARTS) is 1. The Morgan fingerprint density at radius 2 is 2.31 bits per heavy atom. The lowest BCUT2D eigenvalue weighted by atomic mass is 10.2. The molecule has 0 amide bonds. The molecule has 0 saturated carbocycles. The highest BCUT2D eigenvalue weighted by atomic mass is 32.2. The van der Waals surface area contributed by atoms with Gasteiger partial charge in [0.25, 0.3) is 0 Å².